The van der Waals surface area contributed by atoms with E-state index in [-0.39, 0.29) is 0 Å². The number of aromatic nitrogens is 1. The Morgan fingerprint density at radius 1 is 1.25 bits per heavy atom. The number of hydrogen-bond donors (Lipinski definition) is 1. The monoisotopic (exact) mass is 233 g/mol. The van der Waals surface area contributed by atoms with Gasteiger partial charge in [0.1, 0.15) is 0 Å². The van der Waals surface area contributed by atoms with Crippen molar-refractivity contribution < 1.29 is 4.52 Å². The van der Waals surface area contributed by atoms with Gasteiger partial charge in [0, 0.05) is 17.4 Å². The van der Waals surface area contributed by atoms with Crippen LogP contribution >= 0.6 is 12.6 Å². The third-order valence-corrected chi connectivity index (χ3v) is 2.91. The lowest BCUT2D eigenvalue weighted by Crippen LogP contribution is -1.85. The molecule has 0 unspecified atom stereocenters. The van der Waals surface area contributed by atoms with E-state index in [0.717, 1.165) is 17.0 Å². The summed E-state index contributed by atoms with van der Waals surface area (Å²) >= 11 is 4.16. The standard InChI is InChI=1S/C13H15NOS/c1-9(2)10-3-5-11(6-4-10)13-7-12(8-16)14-15-13/h3-7,9,16H,8H2,1-2H3. The molecule has 0 bridgehead atoms. The highest BCUT2D eigenvalue weighted by atomic mass is 32.1. The number of benzene rings is 1. The van der Waals surface area contributed by atoms with Gasteiger partial charge in [0.05, 0.1) is 5.69 Å². The minimum absolute atomic E-state index is 0.553. The fourth-order valence-electron chi connectivity index (χ4n) is 1.55. The number of thiol groups is 1. The van der Waals surface area contributed by atoms with E-state index in [9.17, 15) is 0 Å². The number of nitrogens with zero attached hydrogens (tertiary/aromatic N) is 1. The minimum Gasteiger partial charge on any atom is -0.356 e. The van der Waals surface area contributed by atoms with E-state index in [0.29, 0.717) is 11.7 Å². The molecule has 1 heterocycles. The van der Waals surface area contributed by atoms with Gasteiger partial charge in [0.2, 0.25) is 0 Å². The Balaban J connectivity index is 2.27. The second-order valence-corrected chi connectivity index (χ2v) is 4.43. The molecule has 3 heteroatoms. The summed E-state index contributed by atoms with van der Waals surface area (Å²) in [5.41, 5.74) is 3.26. The van der Waals surface area contributed by atoms with Crippen LogP contribution in [0.2, 0.25) is 0 Å². The average molecular weight is 233 g/mol. The average Bonchev–Trinajstić information content (AvgIpc) is 2.77. The maximum absolute atomic E-state index is 5.24. The lowest BCUT2D eigenvalue weighted by Gasteiger charge is -2.04. The summed E-state index contributed by atoms with van der Waals surface area (Å²) in [7, 11) is 0. The third-order valence-electron chi connectivity index (χ3n) is 2.58. The second kappa shape index (κ2) is 4.74. The van der Waals surface area contributed by atoms with Crippen molar-refractivity contribution in [1.29, 1.82) is 0 Å². The molecule has 0 saturated carbocycles. The molecule has 0 aliphatic heterocycles. The van der Waals surface area contributed by atoms with Gasteiger partial charge in [-0.3, -0.25) is 0 Å². The molecule has 16 heavy (non-hydrogen) atoms. The summed E-state index contributed by atoms with van der Waals surface area (Å²) < 4.78 is 5.24. The Morgan fingerprint density at radius 2 is 1.94 bits per heavy atom. The van der Waals surface area contributed by atoms with Crippen molar-refractivity contribution >= 4 is 12.6 Å². The summed E-state index contributed by atoms with van der Waals surface area (Å²) in [6.45, 7) is 4.37. The summed E-state index contributed by atoms with van der Waals surface area (Å²) in [6, 6.07) is 10.3. The highest BCUT2D eigenvalue weighted by molar-refractivity contribution is 7.79. The molecule has 0 spiro atoms. The summed E-state index contributed by atoms with van der Waals surface area (Å²) in [5, 5.41) is 3.92. The van der Waals surface area contributed by atoms with Crippen molar-refractivity contribution in [1.82, 2.24) is 5.16 Å². The lowest BCUT2D eigenvalue weighted by molar-refractivity contribution is 0.426. The van der Waals surface area contributed by atoms with Crippen LogP contribution in [0.4, 0.5) is 0 Å². The van der Waals surface area contributed by atoms with Crippen molar-refractivity contribution in [3.63, 3.8) is 0 Å². The second-order valence-electron chi connectivity index (χ2n) is 4.12. The van der Waals surface area contributed by atoms with E-state index in [1.807, 2.05) is 6.07 Å². The topological polar surface area (TPSA) is 26.0 Å². The van der Waals surface area contributed by atoms with Crippen LogP contribution in [0.3, 0.4) is 0 Å². The van der Waals surface area contributed by atoms with Gasteiger partial charge in [-0.15, -0.1) is 0 Å². The molecule has 0 fully saturated rings. The molecule has 0 aliphatic carbocycles. The van der Waals surface area contributed by atoms with Crippen LogP contribution in [0.5, 0.6) is 0 Å². The Morgan fingerprint density at radius 3 is 2.44 bits per heavy atom. The van der Waals surface area contributed by atoms with Gasteiger partial charge in [0.15, 0.2) is 5.76 Å². The van der Waals surface area contributed by atoms with E-state index >= 15 is 0 Å². The van der Waals surface area contributed by atoms with Gasteiger partial charge in [-0.2, -0.15) is 12.6 Å². The number of hydrogen-bond acceptors (Lipinski definition) is 3. The van der Waals surface area contributed by atoms with Crippen LogP contribution in [0.1, 0.15) is 31.0 Å². The smallest absolute Gasteiger partial charge is 0.167 e. The van der Waals surface area contributed by atoms with Crippen LogP contribution < -0.4 is 0 Å². The maximum Gasteiger partial charge on any atom is 0.167 e. The van der Waals surface area contributed by atoms with Gasteiger partial charge >= 0.3 is 0 Å². The highest BCUT2D eigenvalue weighted by Gasteiger charge is 2.06. The van der Waals surface area contributed by atoms with Crippen LogP contribution in [0.25, 0.3) is 11.3 Å². The van der Waals surface area contributed by atoms with Crippen LogP contribution in [0.15, 0.2) is 34.9 Å². The molecule has 84 valence electrons. The van der Waals surface area contributed by atoms with E-state index in [2.05, 4.69) is 55.9 Å². The van der Waals surface area contributed by atoms with Crippen molar-refractivity contribution in [2.45, 2.75) is 25.5 Å². The molecule has 0 atom stereocenters. The quantitative estimate of drug-likeness (QED) is 0.814. The Labute approximate surface area is 101 Å². The zero-order valence-electron chi connectivity index (χ0n) is 9.47. The molecular weight excluding hydrogens is 218 g/mol. The predicted octanol–water partition coefficient (Wildman–Crippen LogP) is 3.89. The van der Waals surface area contributed by atoms with Gasteiger partial charge in [0.25, 0.3) is 0 Å². The Kier molecular flexibility index (Phi) is 3.34. The fourth-order valence-corrected chi connectivity index (χ4v) is 1.70. The van der Waals surface area contributed by atoms with Crippen molar-refractivity contribution in [2.24, 2.45) is 0 Å². The first-order chi connectivity index (χ1) is 7.70. The Bertz CT molecular complexity index is 459. The number of rotatable bonds is 3. The zero-order valence-corrected chi connectivity index (χ0v) is 10.4. The molecule has 1 aromatic heterocycles. The first-order valence-electron chi connectivity index (χ1n) is 5.37. The molecular formula is C13H15NOS. The minimum atomic E-state index is 0.553. The van der Waals surface area contributed by atoms with E-state index in [1.54, 1.807) is 0 Å². The fraction of sp³-hybridized carbons (Fsp3) is 0.308. The van der Waals surface area contributed by atoms with Gasteiger partial charge < -0.3 is 4.52 Å². The van der Waals surface area contributed by atoms with Crippen LogP contribution in [0, 0.1) is 0 Å². The SMILES string of the molecule is CC(C)c1ccc(-c2cc(CS)no2)cc1. The van der Waals surface area contributed by atoms with E-state index in [4.69, 9.17) is 4.52 Å². The molecule has 0 radical (unpaired) electrons. The maximum atomic E-state index is 5.24. The third kappa shape index (κ3) is 2.30. The van der Waals surface area contributed by atoms with E-state index < -0.39 is 0 Å². The summed E-state index contributed by atoms with van der Waals surface area (Å²) in [5.74, 6) is 1.96. The molecule has 1 aromatic carbocycles. The lowest BCUT2D eigenvalue weighted by atomic mass is 10.0. The molecule has 2 nitrogen and oxygen atoms in total. The molecule has 0 amide bonds. The van der Waals surface area contributed by atoms with Crippen molar-refractivity contribution in [3.8, 4) is 11.3 Å². The summed E-state index contributed by atoms with van der Waals surface area (Å²) in [6.07, 6.45) is 0. The van der Waals surface area contributed by atoms with Crippen LogP contribution in [-0.4, -0.2) is 5.16 Å². The molecule has 2 rings (SSSR count). The normalized spacial score (nSPS) is 11.0. The zero-order chi connectivity index (χ0) is 11.5. The first-order valence-corrected chi connectivity index (χ1v) is 6.00. The van der Waals surface area contributed by atoms with Crippen molar-refractivity contribution in [2.75, 3.05) is 0 Å². The van der Waals surface area contributed by atoms with Gasteiger partial charge in [-0.05, 0) is 11.5 Å². The summed E-state index contributed by atoms with van der Waals surface area (Å²) in [4.78, 5) is 0. The predicted molar refractivity (Wildman–Crippen MR) is 68.7 cm³/mol. The first kappa shape index (κ1) is 11.3. The van der Waals surface area contributed by atoms with Crippen LogP contribution in [-0.2, 0) is 5.75 Å². The molecule has 2 aromatic rings. The highest BCUT2D eigenvalue weighted by Crippen LogP contribution is 2.23. The van der Waals surface area contributed by atoms with Gasteiger partial charge in [-0.1, -0.05) is 43.3 Å². The van der Waals surface area contributed by atoms with E-state index in [1.165, 1.54) is 5.56 Å². The van der Waals surface area contributed by atoms with Crippen molar-refractivity contribution in [3.05, 3.63) is 41.6 Å². The largest absolute Gasteiger partial charge is 0.356 e. The van der Waals surface area contributed by atoms with Gasteiger partial charge in [-0.25, -0.2) is 0 Å². The molecule has 0 saturated heterocycles. The molecule has 0 aliphatic rings. The molecule has 0 N–H and O–H groups in total. The Hall–Kier alpha value is -1.22.